The predicted molar refractivity (Wildman–Crippen MR) is 32.7 cm³/mol. The molecule has 2 nitrogen and oxygen atoms in total. The molecule has 0 unspecified atom stereocenters. The molecular weight excluding hydrogens is 104 g/mol. The van der Waals surface area contributed by atoms with E-state index in [9.17, 15) is 0 Å². The molecule has 0 aromatic heterocycles. The van der Waals surface area contributed by atoms with Crippen LogP contribution >= 0.6 is 0 Å². The predicted octanol–water partition coefficient (Wildman–Crippen LogP) is 0.570. The third-order valence-electron chi connectivity index (χ3n) is 0.906. The van der Waals surface area contributed by atoms with Crippen molar-refractivity contribution in [3.63, 3.8) is 0 Å². The molecule has 1 heterocycles. The molecule has 0 aliphatic carbocycles. The van der Waals surface area contributed by atoms with E-state index in [4.69, 9.17) is 9.84 Å². The quantitative estimate of drug-likeness (QED) is 0.469. The molecule has 1 aliphatic rings. The molecule has 1 saturated heterocycles. The number of ether oxygens (including phenoxy) is 1. The molecule has 1 fully saturated rings. The van der Waals surface area contributed by atoms with Crippen LogP contribution < -0.4 is 0 Å². The summed E-state index contributed by atoms with van der Waals surface area (Å²) >= 11 is 0. The summed E-state index contributed by atoms with van der Waals surface area (Å²) < 4.78 is 4.81. The van der Waals surface area contributed by atoms with Gasteiger partial charge in [-0.2, -0.15) is 0 Å². The summed E-state index contributed by atoms with van der Waals surface area (Å²) in [5.74, 6) is 0. The van der Waals surface area contributed by atoms with Gasteiger partial charge in [0.25, 0.3) is 0 Å². The fourth-order valence-electron chi connectivity index (χ4n) is 0.522. The lowest BCUT2D eigenvalue weighted by molar-refractivity contribution is 0.127. The number of aliphatic hydroxyl groups is 1. The Morgan fingerprint density at radius 1 is 1.50 bits per heavy atom. The first kappa shape index (κ1) is 7.66. The monoisotopic (exact) mass is 116 g/mol. The third kappa shape index (κ3) is 2.77. The number of rotatable bonds is 0. The zero-order chi connectivity index (χ0) is 6.41. The summed E-state index contributed by atoms with van der Waals surface area (Å²) in [7, 11) is 0. The summed E-state index contributed by atoms with van der Waals surface area (Å²) in [6, 6.07) is 0. The highest BCUT2D eigenvalue weighted by atomic mass is 16.5. The van der Waals surface area contributed by atoms with Crippen LogP contribution in [0.3, 0.4) is 0 Å². The second-order valence-electron chi connectivity index (χ2n) is 1.52. The van der Waals surface area contributed by atoms with Crippen LogP contribution in [0.5, 0.6) is 0 Å². The fourth-order valence-corrected chi connectivity index (χ4v) is 0.522. The van der Waals surface area contributed by atoms with Crippen LogP contribution in [-0.4, -0.2) is 24.4 Å². The number of aliphatic hydroxyl groups excluding tert-OH is 1. The van der Waals surface area contributed by atoms with Gasteiger partial charge in [-0.05, 0) is 6.42 Å². The van der Waals surface area contributed by atoms with Gasteiger partial charge >= 0.3 is 0 Å². The Hall–Kier alpha value is -0.340. The largest absolute Gasteiger partial charge is 0.391 e. The Morgan fingerprint density at radius 2 is 2.12 bits per heavy atom. The van der Waals surface area contributed by atoms with Gasteiger partial charge in [0.05, 0.1) is 12.7 Å². The van der Waals surface area contributed by atoms with Crippen LogP contribution in [0, 0.1) is 0 Å². The van der Waals surface area contributed by atoms with E-state index in [0.717, 1.165) is 13.0 Å². The molecule has 1 rings (SSSR count). The lowest BCUT2D eigenvalue weighted by Gasteiger charge is -1.89. The summed E-state index contributed by atoms with van der Waals surface area (Å²) in [6.45, 7) is 7.28. The van der Waals surface area contributed by atoms with Crippen molar-refractivity contribution in [2.45, 2.75) is 12.5 Å². The molecular formula is C6H12O2. The van der Waals surface area contributed by atoms with Crippen LogP contribution in [0.25, 0.3) is 0 Å². The summed E-state index contributed by atoms with van der Waals surface area (Å²) in [5, 5.41) is 8.60. The van der Waals surface area contributed by atoms with Gasteiger partial charge in [0.1, 0.15) is 0 Å². The molecule has 0 bridgehead atoms. The van der Waals surface area contributed by atoms with Gasteiger partial charge in [0.15, 0.2) is 0 Å². The van der Waals surface area contributed by atoms with E-state index in [1.165, 1.54) is 0 Å². The first-order valence-corrected chi connectivity index (χ1v) is 2.65. The van der Waals surface area contributed by atoms with Gasteiger partial charge in [0.2, 0.25) is 0 Å². The molecule has 2 heteroatoms. The lowest BCUT2D eigenvalue weighted by Crippen LogP contribution is -2.02. The van der Waals surface area contributed by atoms with Gasteiger partial charge in [-0.25, -0.2) is 0 Å². The average Bonchev–Trinajstić information content (AvgIpc) is 2.24. The maximum Gasteiger partial charge on any atom is 0.0795 e. The molecule has 0 aromatic carbocycles. The molecule has 1 aliphatic heterocycles. The third-order valence-corrected chi connectivity index (χ3v) is 0.906. The molecule has 0 saturated carbocycles. The molecule has 8 heavy (non-hydrogen) atoms. The molecule has 1 N–H and O–H groups in total. The van der Waals surface area contributed by atoms with E-state index in [1.54, 1.807) is 0 Å². The normalized spacial score (nSPS) is 26.4. The minimum atomic E-state index is -0.176. The van der Waals surface area contributed by atoms with Crippen molar-refractivity contribution in [1.82, 2.24) is 0 Å². The smallest absolute Gasteiger partial charge is 0.0795 e. The zero-order valence-corrected chi connectivity index (χ0v) is 4.97. The first-order chi connectivity index (χ1) is 3.89. The van der Waals surface area contributed by atoms with Crippen LogP contribution in [0.15, 0.2) is 13.2 Å². The van der Waals surface area contributed by atoms with Gasteiger partial charge in [-0.15, -0.1) is 13.2 Å². The van der Waals surface area contributed by atoms with E-state index in [2.05, 4.69) is 13.2 Å². The Kier molecular flexibility index (Phi) is 4.61. The van der Waals surface area contributed by atoms with Gasteiger partial charge < -0.3 is 9.84 Å². The van der Waals surface area contributed by atoms with E-state index in [-0.39, 0.29) is 6.10 Å². The molecule has 1 atom stereocenters. The van der Waals surface area contributed by atoms with Crippen molar-refractivity contribution < 1.29 is 9.84 Å². The highest BCUT2D eigenvalue weighted by molar-refractivity contribution is 4.58. The second kappa shape index (κ2) is 4.81. The van der Waals surface area contributed by atoms with E-state index >= 15 is 0 Å². The Balaban J connectivity index is 0.000000222. The van der Waals surface area contributed by atoms with Crippen LogP contribution in [-0.2, 0) is 4.74 Å². The molecule has 48 valence electrons. The first-order valence-electron chi connectivity index (χ1n) is 2.65. The van der Waals surface area contributed by atoms with Gasteiger partial charge in [0, 0.05) is 6.61 Å². The van der Waals surface area contributed by atoms with E-state index in [0.29, 0.717) is 6.61 Å². The van der Waals surface area contributed by atoms with Crippen molar-refractivity contribution in [3.8, 4) is 0 Å². The van der Waals surface area contributed by atoms with Gasteiger partial charge in [-0.1, -0.05) is 0 Å². The minimum absolute atomic E-state index is 0.176. The maximum absolute atomic E-state index is 8.60. The highest BCUT2D eigenvalue weighted by Gasteiger charge is 2.09. The molecule has 0 aromatic rings. The van der Waals surface area contributed by atoms with Crippen molar-refractivity contribution in [2.24, 2.45) is 0 Å². The van der Waals surface area contributed by atoms with Crippen molar-refractivity contribution >= 4 is 0 Å². The van der Waals surface area contributed by atoms with Crippen LogP contribution in [0.4, 0.5) is 0 Å². The zero-order valence-electron chi connectivity index (χ0n) is 4.97. The number of hydrogen-bond acceptors (Lipinski definition) is 2. The number of hydrogen-bond donors (Lipinski definition) is 1. The minimum Gasteiger partial charge on any atom is -0.391 e. The standard InChI is InChI=1S/C4H8O2.C2H4/c5-4-1-2-6-3-4;1-2/h4-5H,1-3H2;1-2H2/t4-;/m1./s1. The topological polar surface area (TPSA) is 29.5 Å². The highest BCUT2D eigenvalue weighted by Crippen LogP contribution is 2.00. The van der Waals surface area contributed by atoms with E-state index in [1.807, 2.05) is 0 Å². The van der Waals surface area contributed by atoms with Crippen molar-refractivity contribution in [3.05, 3.63) is 13.2 Å². The van der Waals surface area contributed by atoms with E-state index < -0.39 is 0 Å². The van der Waals surface area contributed by atoms with Crippen LogP contribution in [0.1, 0.15) is 6.42 Å². The van der Waals surface area contributed by atoms with Crippen LogP contribution in [0.2, 0.25) is 0 Å². The molecule has 0 spiro atoms. The van der Waals surface area contributed by atoms with Crippen molar-refractivity contribution in [1.29, 1.82) is 0 Å². The fraction of sp³-hybridized carbons (Fsp3) is 0.667. The average molecular weight is 116 g/mol. The van der Waals surface area contributed by atoms with Crippen molar-refractivity contribution in [2.75, 3.05) is 13.2 Å². The van der Waals surface area contributed by atoms with Gasteiger partial charge in [-0.3, -0.25) is 0 Å². The second-order valence-corrected chi connectivity index (χ2v) is 1.52. The Labute approximate surface area is 49.8 Å². The Morgan fingerprint density at radius 3 is 2.25 bits per heavy atom. The lowest BCUT2D eigenvalue weighted by atomic mass is 10.3. The summed E-state index contributed by atoms with van der Waals surface area (Å²) in [6.07, 6.45) is 0.644. The molecule has 0 amide bonds. The summed E-state index contributed by atoms with van der Waals surface area (Å²) in [4.78, 5) is 0. The summed E-state index contributed by atoms with van der Waals surface area (Å²) in [5.41, 5.74) is 0. The maximum atomic E-state index is 8.60. The SMILES string of the molecule is C=C.O[C@@H]1CCOC1. The molecule has 0 radical (unpaired) electrons. The Bertz CT molecular complexity index is 48.5.